The summed E-state index contributed by atoms with van der Waals surface area (Å²) in [5.41, 5.74) is 9.72. The smallest absolute Gasteiger partial charge is 0.261 e. The second kappa shape index (κ2) is 8.48. The van der Waals surface area contributed by atoms with E-state index >= 15 is 0 Å². The van der Waals surface area contributed by atoms with Crippen LogP contribution in [0.5, 0.6) is 5.75 Å². The Hall–Kier alpha value is -3.75. The zero-order valence-electron chi connectivity index (χ0n) is 19.7. The van der Waals surface area contributed by atoms with E-state index in [1.165, 1.54) is 0 Å². The van der Waals surface area contributed by atoms with Crippen molar-refractivity contribution < 1.29 is 5.11 Å². The van der Waals surface area contributed by atoms with Gasteiger partial charge in [-0.25, -0.2) is 4.98 Å². The highest BCUT2D eigenvalue weighted by Crippen LogP contribution is 2.36. The number of para-hydroxylation sites is 1. The molecule has 0 radical (unpaired) electrons. The van der Waals surface area contributed by atoms with Gasteiger partial charge in [-0.15, -0.1) is 0 Å². The number of rotatable bonds is 5. The van der Waals surface area contributed by atoms with Gasteiger partial charge < -0.3 is 20.3 Å². The minimum absolute atomic E-state index is 0.0603. The number of nitrogens with zero attached hydrogens (tertiary/aromatic N) is 4. The number of phenols is 1. The Morgan fingerprint density at radius 2 is 1.89 bits per heavy atom. The normalized spacial score (nSPS) is 16.7. The van der Waals surface area contributed by atoms with E-state index < -0.39 is 0 Å². The molecule has 8 nitrogen and oxygen atoms in total. The lowest BCUT2D eigenvalue weighted by Gasteiger charge is -2.18. The Kier molecular flexibility index (Phi) is 5.27. The van der Waals surface area contributed by atoms with Crippen LogP contribution in [0.4, 0.5) is 0 Å². The van der Waals surface area contributed by atoms with E-state index in [-0.39, 0.29) is 17.4 Å². The van der Waals surface area contributed by atoms with Crippen LogP contribution >= 0.6 is 0 Å². The van der Waals surface area contributed by atoms with Crippen LogP contribution in [0.15, 0.2) is 53.3 Å². The molecule has 1 aliphatic heterocycles. The first kappa shape index (κ1) is 21.8. The first-order valence-electron chi connectivity index (χ1n) is 12.1. The number of aryl methyl sites for hydroxylation is 2. The molecule has 178 valence electrons. The van der Waals surface area contributed by atoms with Crippen molar-refractivity contribution in [2.24, 2.45) is 5.73 Å². The number of benzene rings is 2. The third-order valence-corrected chi connectivity index (χ3v) is 7.11. The minimum atomic E-state index is -0.0603. The Morgan fingerprint density at radius 3 is 2.66 bits per heavy atom. The highest BCUT2D eigenvalue weighted by molar-refractivity contribution is 6.21. The van der Waals surface area contributed by atoms with Crippen LogP contribution in [-0.2, 0) is 6.54 Å². The molecule has 1 fully saturated rings. The van der Waals surface area contributed by atoms with Crippen molar-refractivity contribution in [2.75, 3.05) is 19.6 Å². The van der Waals surface area contributed by atoms with Crippen molar-refractivity contribution >= 4 is 32.7 Å². The van der Waals surface area contributed by atoms with E-state index in [4.69, 9.17) is 10.7 Å². The molecule has 5 aromatic rings. The molecule has 4 N–H and O–H groups in total. The number of aromatic amines is 1. The topological polar surface area (TPSA) is 113 Å². The van der Waals surface area contributed by atoms with Crippen LogP contribution in [0.2, 0.25) is 0 Å². The number of pyridine rings is 2. The number of phenolic OH excluding ortho intramolecular Hbond substituents is 1. The molecular weight excluding hydrogens is 440 g/mol. The number of aromatic hydroxyl groups is 1. The second-order valence-electron chi connectivity index (χ2n) is 9.48. The first-order valence-corrected chi connectivity index (χ1v) is 12.1. The number of nitrogens with two attached hydrogens (primary N) is 1. The summed E-state index contributed by atoms with van der Waals surface area (Å²) in [6, 6.07) is 15.1. The van der Waals surface area contributed by atoms with Gasteiger partial charge in [-0.1, -0.05) is 18.2 Å². The third-order valence-electron chi connectivity index (χ3n) is 7.11. The third kappa shape index (κ3) is 3.66. The van der Waals surface area contributed by atoms with Crippen LogP contribution in [0.1, 0.15) is 18.5 Å². The summed E-state index contributed by atoms with van der Waals surface area (Å²) >= 11 is 0. The molecule has 0 amide bonds. The lowest BCUT2D eigenvalue weighted by atomic mass is 9.98. The van der Waals surface area contributed by atoms with Gasteiger partial charge in [0.2, 0.25) is 0 Å². The van der Waals surface area contributed by atoms with Gasteiger partial charge in [-0.3, -0.25) is 9.89 Å². The first-order chi connectivity index (χ1) is 17.0. The number of fused-ring (bicyclic) bond motifs is 5. The highest BCUT2D eigenvalue weighted by Gasteiger charge is 2.22. The van der Waals surface area contributed by atoms with E-state index in [2.05, 4.69) is 21.2 Å². The van der Waals surface area contributed by atoms with Crippen molar-refractivity contribution in [3.63, 3.8) is 0 Å². The lowest BCUT2D eigenvalue weighted by molar-refractivity contribution is 0.321. The van der Waals surface area contributed by atoms with Gasteiger partial charge in [0.05, 0.1) is 22.0 Å². The molecule has 2 aromatic carbocycles. The summed E-state index contributed by atoms with van der Waals surface area (Å²) in [6.07, 6.45) is 1.89. The number of likely N-dealkylation sites (tertiary alicyclic amines) is 1. The maximum Gasteiger partial charge on any atom is 0.261 e. The van der Waals surface area contributed by atoms with E-state index in [1.807, 2.05) is 29.7 Å². The summed E-state index contributed by atoms with van der Waals surface area (Å²) in [7, 11) is 0. The molecule has 0 bridgehead atoms. The molecule has 1 atom stereocenters. The van der Waals surface area contributed by atoms with Crippen molar-refractivity contribution in [3.05, 3.63) is 64.6 Å². The molecule has 0 spiro atoms. The van der Waals surface area contributed by atoms with Gasteiger partial charge in [-0.05, 0) is 63.2 Å². The van der Waals surface area contributed by atoms with E-state index in [0.717, 1.165) is 65.4 Å². The molecule has 1 unspecified atom stereocenters. The Bertz CT molecular complexity index is 1620. The molecule has 1 aliphatic rings. The molecule has 3 aromatic heterocycles. The van der Waals surface area contributed by atoms with Crippen molar-refractivity contribution in [1.82, 2.24) is 24.6 Å². The maximum atomic E-state index is 14.2. The maximum absolute atomic E-state index is 14.2. The largest absolute Gasteiger partial charge is 0.508 e. The predicted molar refractivity (Wildman–Crippen MR) is 139 cm³/mol. The van der Waals surface area contributed by atoms with Crippen LogP contribution in [0.25, 0.3) is 44.0 Å². The zero-order valence-corrected chi connectivity index (χ0v) is 19.7. The quantitative estimate of drug-likeness (QED) is 0.340. The van der Waals surface area contributed by atoms with E-state index in [0.29, 0.717) is 23.3 Å². The lowest BCUT2D eigenvalue weighted by Crippen LogP contribution is -2.29. The Balaban J connectivity index is 1.60. The van der Waals surface area contributed by atoms with Crippen molar-refractivity contribution in [2.45, 2.75) is 32.4 Å². The minimum Gasteiger partial charge on any atom is -0.508 e. The van der Waals surface area contributed by atoms with E-state index in [9.17, 15) is 9.90 Å². The fourth-order valence-corrected chi connectivity index (χ4v) is 5.41. The molecule has 35 heavy (non-hydrogen) atoms. The fraction of sp³-hybridized carbons (Fsp3) is 0.296. The number of hydrogen-bond acceptors (Lipinski definition) is 6. The molecule has 4 heterocycles. The van der Waals surface area contributed by atoms with Gasteiger partial charge in [0.15, 0.2) is 5.65 Å². The monoisotopic (exact) mass is 468 g/mol. The average Bonchev–Trinajstić information content (AvgIpc) is 3.45. The average molecular weight is 469 g/mol. The van der Waals surface area contributed by atoms with Gasteiger partial charge in [0.1, 0.15) is 5.75 Å². The van der Waals surface area contributed by atoms with Gasteiger partial charge in [0, 0.05) is 41.2 Å². The van der Waals surface area contributed by atoms with Gasteiger partial charge in [-0.2, -0.15) is 5.10 Å². The van der Waals surface area contributed by atoms with Crippen molar-refractivity contribution in [1.29, 1.82) is 0 Å². The summed E-state index contributed by atoms with van der Waals surface area (Å²) < 4.78 is 1.89. The number of nitrogens with one attached hydrogen (secondary N) is 1. The Labute approximate surface area is 202 Å². The van der Waals surface area contributed by atoms with Crippen molar-refractivity contribution in [3.8, 4) is 17.0 Å². The van der Waals surface area contributed by atoms with Gasteiger partial charge >= 0.3 is 0 Å². The summed E-state index contributed by atoms with van der Waals surface area (Å²) in [5.74, 6) is 0.166. The molecule has 0 saturated carbocycles. The highest BCUT2D eigenvalue weighted by atomic mass is 16.3. The molecule has 6 rings (SSSR count). The molecular formula is C27H28N6O2. The second-order valence-corrected chi connectivity index (χ2v) is 9.48. The SMILES string of the molecule is Cc1[nH]nc2nc(-c3ccc(O)cc3)c3c(=O)n(CCCN4CCC(N)C4)c4ccccc4c3c12. The van der Waals surface area contributed by atoms with Crippen LogP contribution in [0.3, 0.4) is 0 Å². The van der Waals surface area contributed by atoms with Crippen LogP contribution in [-0.4, -0.2) is 55.4 Å². The standard InChI is InChI=1S/C27H28N6O2/c1-16-22-23-20-5-2-3-6-21(20)33(13-4-12-32-14-11-18(28)15-32)27(35)24(23)25(29-26(22)31-30-16)17-7-9-19(34)10-8-17/h2-3,5-10,18,34H,4,11-15,28H2,1H3,(H,29,30,31). The number of aromatic nitrogens is 4. The fourth-order valence-electron chi connectivity index (χ4n) is 5.41. The van der Waals surface area contributed by atoms with E-state index in [1.54, 1.807) is 24.3 Å². The Morgan fingerprint density at radius 1 is 1.09 bits per heavy atom. The van der Waals surface area contributed by atoms with Crippen LogP contribution in [0, 0.1) is 6.92 Å². The molecule has 8 heteroatoms. The number of hydrogen-bond donors (Lipinski definition) is 3. The summed E-state index contributed by atoms with van der Waals surface area (Å²) in [6.45, 7) is 5.41. The van der Waals surface area contributed by atoms with Crippen LogP contribution < -0.4 is 11.3 Å². The number of H-pyrrole nitrogens is 1. The summed E-state index contributed by atoms with van der Waals surface area (Å²) in [4.78, 5) is 21.4. The molecule has 0 aliphatic carbocycles. The van der Waals surface area contributed by atoms with Gasteiger partial charge in [0.25, 0.3) is 5.56 Å². The molecule has 1 saturated heterocycles. The summed E-state index contributed by atoms with van der Waals surface area (Å²) in [5, 5.41) is 20.6. The predicted octanol–water partition coefficient (Wildman–Crippen LogP) is 3.53. The zero-order chi connectivity index (χ0) is 24.1.